The van der Waals surface area contributed by atoms with Gasteiger partial charge in [0.05, 0.1) is 27.0 Å². The van der Waals surface area contributed by atoms with Gasteiger partial charge in [-0.3, -0.25) is 9.59 Å². The lowest BCUT2D eigenvalue weighted by Gasteiger charge is -2.13. The Balaban J connectivity index is 1.59. The molecule has 164 valence electrons. The molecule has 0 bridgehead atoms. The summed E-state index contributed by atoms with van der Waals surface area (Å²) in [5.74, 6) is -0.344. The number of nitrogens with one attached hydrogen (secondary N) is 2. The third-order valence-electron chi connectivity index (χ3n) is 5.17. The van der Waals surface area contributed by atoms with E-state index >= 15 is 0 Å². The van der Waals surface area contributed by atoms with E-state index in [1.54, 1.807) is 37.3 Å². The number of rotatable bonds is 4. The summed E-state index contributed by atoms with van der Waals surface area (Å²) >= 11 is 12.2. The SMILES string of the molecule is Cc1c(C(=O)Nc2cccc(Cl)c2Cl)oc2c1/C(=N/NC(=O)c1ccccc1O)CCC2. The summed E-state index contributed by atoms with van der Waals surface area (Å²) in [7, 11) is 0. The van der Waals surface area contributed by atoms with Gasteiger partial charge in [0.1, 0.15) is 11.5 Å². The molecule has 1 heterocycles. The molecule has 32 heavy (non-hydrogen) atoms. The van der Waals surface area contributed by atoms with Crippen LogP contribution in [0.5, 0.6) is 5.75 Å². The number of hydrogen-bond donors (Lipinski definition) is 3. The highest BCUT2D eigenvalue weighted by atomic mass is 35.5. The molecule has 2 aromatic carbocycles. The summed E-state index contributed by atoms with van der Waals surface area (Å²) in [4.78, 5) is 25.3. The lowest BCUT2D eigenvalue weighted by atomic mass is 9.93. The molecule has 2 amide bonds. The van der Waals surface area contributed by atoms with Crippen molar-refractivity contribution in [2.75, 3.05) is 5.32 Å². The van der Waals surface area contributed by atoms with E-state index in [4.69, 9.17) is 27.6 Å². The highest BCUT2D eigenvalue weighted by Gasteiger charge is 2.28. The lowest BCUT2D eigenvalue weighted by molar-refractivity contribution is 0.0950. The number of furan rings is 1. The van der Waals surface area contributed by atoms with E-state index in [-0.39, 0.29) is 22.1 Å². The molecule has 1 aliphatic rings. The Morgan fingerprint density at radius 1 is 1.06 bits per heavy atom. The average molecular weight is 472 g/mol. The Morgan fingerprint density at radius 2 is 1.84 bits per heavy atom. The second-order valence-corrected chi connectivity index (χ2v) is 8.07. The van der Waals surface area contributed by atoms with Crippen molar-refractivity contribution in [2.45, 2.75) is 26.2 Å². The van der Waals surface area contributed by atoms with Gasteiger partial charge in [0.25, 0.3) is 11.8 Å². The van der Waals surface area contributed by atoms with Crippen molar-refractivity contribution < 1.29 is 19.1 Å². The standard InChI is InChI=1S/C23H19Cl2N3O4/c1-12-19-15(27-28-22(30)13-6-2-3-10-17(13)29)8-5-11-18(19)32-21(12)23(31)26-16-9-4-7-14(24)20(16)25/h2-4,6-7,9-10,29H,5,8,11H2,1H3,(H,26,31)(H,28,30)/b27-15+. The van der Waals surface area contributed by atoms with E-state index in [2.05, 4.69) is 15.8 Å². The molecule has 0 atom stereocenters. The first-order chi connectivity index (χ1) is 15.4. The molecule has 0 saturated heterocycles. The first-order valence-electron chi connectivity index (χ1n) is 9.89. The minimum Gasteiger partial charge on any atom is -0.507 e. The van der Waals surface area contributed by atoms with Crippen LogP contribution in [0.4, 0.5) is 5.69 Å². The maximum atomic E-state index is 12.9. The Bertz CT molecular complexity index is 1250. The molecular formula is C23H19Cl2N3O4. The predicted molar refractivity (Wildman–Crippen MR) is 123 cm³/mol. The number of carbonyl (C=O) groups is 2. The zero-order chi connectivity index (χ0) is 22.8. The van der Waals surface area contributed by atoms with Gasteiger partial charge >= 0.3 is 0 Å². The topological polar surface area (TPSA) is 104 Å². The van der Waals surface area contributed by atoms with Gasteiger partial charge in [-0.1, -0.05) is 41.4 Å². The van der Waals surface area contributed by atoms with Gasteiger partial charge in [-0.05, 0) is 44.0 Å². The Hall–Kier alpha value is -3.29. The van der Waals surface area contributed by atoms with Gasteiger partial charge in [-0.15, -0.1) is 0 Å². The molecule has 0 aliphatic heterocycles. The molecular weight excluding hydrogens is 453 g/mol. The number of carbonyl (C=O) groups excluding carboxylic acids is 2. The maximum absolute atomic E-state index is 12.9. The smallest absolute Gasteiger partial charge is 0.291 e. The third kappa shape index (κ3) is 4.22. The average Bonchev–Trinajstić information content (AvgIpc) is 3.13. The van der Waals surface area contributed by atoms with Crippen LogP contribution in [0, 0.1) is 6.92 Å². The summed E-state index contributed by atoms with van der Waals surface area (Å²) in [5, 5.41) is 17.4. The van der Waals surface area contributed by atoms with Gasteiger partial charge < -0.3 is 14.8 Å². The molecule has 0 radical (unpaired) electrons. The van der Waals surface area contributed by atoms with Gasteiger partial charge in [0.15, 0.2) is 5.76 Å². The van der Waals surface area contributed by atoms with Crippen LogP contribution in [0.15, 0.2) is 52.0 Å². The molecule has 0 fully saturated rings. The molecule has 0 unspecified atom stereocenters. The predicted octanol–water partition coefficient (Wildman–Crippen LogP) is 5.32. The fourth-order valence-electron chi connectivity index (χ4n) is 3.62. The first-order valence-corrected chi connectivity index (χ1v) is 10.6. The number of aryl methyl sites for hydroxylation is 1. The number of amides is 2. The number of benzene rings is 2. The van der Waals surface area contributed by atoms with Crippen LogP contribution in [0.1, 0.15) is 50.6 Å². The van der Waals surface area contributed by atoms with Crippen molar-refractivity contribution in [1.82, 2.24) is 5.43 Å². The minimum atomic E-state index is -0.530. The number of aromatic hydroxyl groups is 1. The Labute approximate surface area is 194 Å². The second-order valence-electron chi connectivity index (χ2n) is 7.28. The van der Waals surface area contributed by atoms with Crippen LogP contribution in [0.25, 0.3) is 0 Å². The van der Waals surface area contributed by atoms with Crippen molar-refractivity contribution in [1.29, 1.82) is 0 Å². The minimum absolute atomic E-state index is 0.121. The van der Waals surface area contributed by atoms with Crippen LogP contribution in [0.2, 0.25) is 10.0 Å². The monoisotopic (exact) mass is 471 g/mol. The fourth-order valence-corrected chi connectivity index (χ4v) is 3.97. The van der Waals surface area contributed by atoms with E-state index in [1.165, 1.54) is 12.1 Å². The van der Waals surface area contributed by atoms with Crippen molar-refractivity contribution in [3.8, 4) is 5.75 Å². The summed E-state index contributed by atoms with van der Waals surface area (Å²) in [6, 6.07) is 11.2. The Morgan fingerprint density at radius 3 is 2.62 bits per heavy atom. The highest BCUT2D eigenvalue weighted by molar-refractivity contribution is 6.44. The van der Waals surface area contributed by atoms with Crippen molar-refractivity contribution in [2.24, 2.45) is 5.10 Å². The molecule has 1 aliphatic carbocycles. The molecule has 7 nitrogen and oxygen atoms in total. The van der Waals surface area contributed by atoms with Crippen molar-refractivity contribution in [3.05, 3.63) is 80.7 Å². The Kier molecular flexibility index (Phi) is 6.21. The van der Waals surface area contributed by atoms with Crippen LogP contribution < -0.4 is 10.7 Å². The number of anilines is 1. The van der Waals surface area contributed by atoms with Gasteiger partial charge in [-0.2, -0.15) is 5.10 Å². The lowest BCUT2D eigenvalue weighted by Crippen LogP contribution is -2.22. The third-order valence-corrected chi connectivity index (χ3v) is 5.99. The maximum Gasteiger partial charge on any atom is 0.291 e. The number of fused-ring (bicyclic) bond motifs is 1. The zero-order valence-electron chi connectivity index (χ0n) is 17.0. The number of halogens is 2. The number of nitrogens with zero attached hydrogens (tertiary/aromatic N) is 1. The normalized spacial score (nSPS) is 14.2. The molecule has 3 N–H and O–H groups in total. The van der Waals surface area contributed by atoms with Crippen LogP contribution >= 0.6 is 23.2 Å². The van der Waals surface area contributed by atoms with Crippen LogP contribution in [-0.4, -0.2) is 22.6 Å². The highest BCUT2D eigenvalue weighted by Crippen LogP contribution is 2.33. The second kappa shape index (κ2) is 9.06. The molecule has 0 spiro atoms. The van der Waals surface area contributed by atoms with Gasteiger partial charge in [-0.25, -0.2) is 5.43 Å². The van der Waals surface area contributed by atoms with Gasteiger partial charge in [0, 0.05) is 17.5 Å². The molecule has 0 saturated carbocycles. The van der Waals surface area contributed by atoms with E-state index in [0.29, 0.717) is 46.2 Å². The van der Waals surface area contributed by atoms with E-state index in [9.17, 15) is 14.7 Å². The number of hydrogen-bond acceptors (Lipinski definition) is 5. The summed E-state index contributed by atoms with van der Waals surface area (Å²) in [6.45, 7) is 1.77. The quantitative estimate of drug-likeness (QED) is 0.447. The largest absolute Gasteiger partial charge is 0.507 e. The number of phenols is 1. The van der Waals surface area contributed by atoms with E-state index < -0.39 is 11.8 Å². The number of para-hydroxylation sites is 1. The molecule has 9 heteroatoms. The van der Waals surface area contributed by atoms with Crippen molar-refractivity contribution in [3.63, 3.8) is 0 Å². The summed E-state index contributed by atoms with van der Waals surface area (Å²) in [5.41, 5.74) is 4.91. The molecule has 3 aromatic rings. The van der Waals surface area contributed by atoms with Crippen LogP contribution in [0.3, 0.4) is 0 Å². The first kappa shape index (κ1) is 21.9. The molecule has 4 rings (SSSR count). The van der Waals surface area contributed by atoms with E-state index in [1.807, 2.05) is 0 Å². The van der Waals surface area contributed by atoms with Crippen molar-refractivity contribution >= 4 is 46.4 Å². The van der Waals surface area contributed by atoms with Gasteiger partial charge in [0.2, 0.25) is 0 Å². The van der Waals surface area contributed by atoms with E-state index in [0.717, 1.165) is 6.42 Å². The number of hydrazone groups is 1. The van der Waals surface area contributed by atoms with Crippen LogP contribution in [-0.2, 0) is 6.42 Å². The summed E-state index contributed by atoms with van der Waals surface area (Å²) in [6.07, 6.45) is 2.01. The zero-order valence-corrected chi connectivity index (χ0v) is 18.5. The summed E-state index contributed by atoms with van der Waals surface area (Å²) < 4.78 is 5.86. The molecule has 1 aromatic heterocycles. The fraction of sp³-hybridized carbons (Fsp3) is 0.174. The number of phenolic OH excluding ortho intramolecular Hbond substituents is 1.